The molecule has 0 aliphatic rings. The Morgan fingerprint density at radius 3 is 2.30 bits per heavy atom. The third-order valence-electron chi connectivity index (χ3n) is 3.21. The standard InChI is InChI=1S/C14H14ClF4NO3/c1-13(2,8-4-3-7(15)5-9(8)16)12(23)20-10(11(21)22)6-14(17,18)19/h3-5,10H,6H2,1-2H3,(H,20,23)(H,21,22). The lowest BCUT2D eigenvalue weighted by Gasteiger charge is -2.27. The van der Waals surface area contributed by atoms with E-state index in [1.807, 2.05) is 0 Å². The van der Waals surface area contributed by atoms with Gasteiger partial charge in [-0.3, -0.25) is 4.79 Å². The van der Waals surface area contributed by atoms with Crippen molar-refractivity contribution >= 4 is 23.5 Å². The van der Waals surface area contributed by atoms with Gasteiger partial charge in [0, 0.05) is 10.6 Å². The van der Waals surface area contributed by atoms with Crippen LogP contribution in [0.1, 0.15) is 25.8 Å². The van der Waals surface area contributed by atoms with E-state index in [4.69, 9.17) is 16.7 Å². The van der Waals surface area contributed by atoms with Crippen LogP contribution in [-0.2, 0) is 15.0 Å². The minimum atomic E-state index is -4.77. The molecule has 23 heavy (non-hydrogen) atoms. The number of carboxylic acids is 1. The average Bonchev–Trinajstić information content (AvgIpc) is 2.35. The fourth-order valence-electron chi connectivity index (χ4n) is 1.89. The molecule has 0 aromatic heterocycles. The summed E-state index contributed by atoms with van der Waals surface area (Å²) >= 11 is 5.60. The topological polar surface area (TPSA) is 66.4 Å². The van der Waals surface area contributed by atoms with Crippen LogP contribution in [-0.4, -0.2) is 29.2 Å². The maximum atomic E-state index is 13.9. The van der Waals surface area contributed by atoms with E-state index in [9.17, 15) is 27.2 Å². The van der Waals surface area contributed by atoms with Gasteiger partial charge in [-0.15, -0.1) is 0 Å². The molecule has 1 aromatic rings. The first kappa shape index (κ1) is 19.2. The van der Waals surface area contributed by atoms with Gasteiger partial charge in [-0.05, 0) is 26.0 Å². The normalized spacial score (nSPS) is 13.5. The predicted octanol–water partition coefficient (Wildman–Crippen LogP) is 3.28. The zero-order valence-electron chi connectivity index (χ0n) is 12.2. The van der Waals surface area contributed by atoms with Gasteiger partial charge in [0.2, 0.25) is 5.91 Å². The Hall–Kier alpha value is -1.83. The van der Waals surface area contributed by atoms with Crippen LogP contribution in [0.25, 0.3) is 0 Å². The first-order chi connectivity index (χ1) is 10.3. The molecule has 0 bridgehead atoms. The minimum Gasteiger partial charge on any atom is -0.480 e. The summed E-state index contributed by atoms with van der Waals surface area (Å²) in [7, 11) is 0. The maximum absolute atomic E-state index is 13.9. The summed E-state index contributed by atoms with van der Waals surface area (Å²) in [5.74, 6) is -3.70. The summed E-state index contributed by atoms with van der Waals surface area (Å²) in [6.07, 6.45) is -6.50. The van der Waals surface area contributed by atoms with Crippen LogP contribution < -0.4 is 5.32 Å². The number of hydrogen-bond acceptors (Lipinski definition) is 2. The number of hydrogen-bond donors (Lipinski definition) is 2. The van der Waals surface area contributed by atoms with E-state index >= 15 is 0 Å². The number of nitrogens with one attached hydrogen (secondary N) is 1. The second-order valence-electron chi connectivity index (χ2n) is 5.43. The summed E-state index contributed by atoms with van der Waals surface area (Å²) in [4.78, 5) is 23.0. The Labute approximate surface area is 134 Å². The quantitative estimate of drug-likeness (QED) is 0.797. The Morgan fingerprint density at radius 1 is 1.30 bits per heavy atom. The SMILES string of the molecule is CC(C)(C(=O)NC(CC(F)(F)F)C(=O)O)c1ccc(Cl)cc1F. The van der Waals surface area contributed by atoms with Crippen molar-refractivity contribution in [1.29, 1.82) is 0 Å². The molecule has 0 saturated carbocycles. The van der Waals surface area contributed by atoms with E-state index in [2.05, 4.69) is 0 Å². The van der Waals surface area contributed by atoms with E-state index in [1.54, 1.807) is 5.32 Å². The van der Waals surface area contributed by atoms with Crippen molar-refractivity contribution in [1.82, 2.24) is 5.32 Å². The predicted molar refractivity (Wildman–Crippen MR) is 74.7 cm³/mol. The van der Waals surface area contributed by atoms with Gasteiger partial charge in [-0.25, -0.2) is 9.18 Å². The summed E-state index contributed by atoms with van der Waals surface area (Å²) in [5, 5.41) is 10.7. The van der Waals surface area contributed by atoms with Gasteiger partial charge in [0.1, 0.15) is 11.9 Å². The second-order valence-corrected chi connectivity index (χ2v) is 5.87. The summed E-state index contributed by atoms with van der Waals surface area (Å²) in [6, 6.07) is 1.34. The van der Waals surface area contributed by atoms with Crippen LogP contribution in [0.3, 0.4) is 0 Å². The molecule has 0 spiro atoms. The lowest BCUT2D eigenvalue weighted by molar-refractivity contribution is -0.160. The lowest BCUT2D eigenvalue weighted by Crippen LogP contribution is -2.50. The van der Waals surface area contributed by atoms with Crippen molar-refractivity contribution in [3.8, 4) is 0 Å². The molecule has 1 amide bonds. The first-order valence-electron chi connectivity index (χ1n) is 6.40. The number of carbonyl (C=O) groups excluding carboxylic acids is 1. The van der Waals surface area contributed by atoms with E-state index in [0.29, 0.717) is 0 Å². The highest BCUT2D eigenvalue weighted by atomic mass is 35.5. The molecule has 9 heteroatoms. The van der Waals surface area contributed by atoms with Crippen molar-refractivity contribution in [3.05, 3.63) is 34.6 Å². The molecule has 128 valence electrons. The summed E-state index contributed by atoms with van der Waals surface area (Å²) < 4.78 is 51.0. The van der Waals surface area contributed by atoms with Gasteiger partial charge in [0.25, 0.3) is 0 Å². The third-order valence-corrected chi connectivity index (χ3v) is 3.45. The van der Waals surface area contributed by atoms with Gasteiger partial charge in [0.15, 0.2) is 0 Å². The van der Waals surface area contributed by atoms with Crippen molar-refractivity contribution in [2.24, 2.45) is 0 Å². The molecule has 0 saturated heterocycles. The molecule has 0 heterocycles. The number of carbonyl (C=O) groups is 2. The molecule has 0 radical (unpaired) electrons. The van der Waals surface area contributed by atoms with Crippen LogP contribution >= 0.6 is 11.6 Å². The monoisotopic (exact) mass is 355 g/mol. The number of benzene rings is 1. The highest BCUT2D eigenvalue weighted by molar-refractivity contribution is 6.30. The minimum absolute atomic E-state index is 0.0861. The smallest absolute Gasteiger partial charge is 0.391 e. The van der Waals surface area contributed by atoms with E-state index in [0.717, 1.165) is 6.07 Å². The Bertz CT molecular complexity index is 617. The number of rotatable bonds is 5. The fraction of sp³-hybridized carbons (Fsp3) is 0.429. The van der Waals surface area contributed by atoms with Crippen LogP contribution in [0, 0.1) is 5.82 Å². The van der Waals surface area contributed by atoms with Crippen LogP contribution in [0.15, 0.2) is 18.2 Å². The van der Waals surface area contributed by atoms with E-state index in [1.165, 1.54) is 26.0 Å². The van der Waals surface area contributed by atoms with Crippen molar-refractivity contribution in [2.75, 3.05) is 0 Å². The molecule has 1 atom stereocenters. The second kappa shape index (κ2) is 6.74. The van der Waals surface area contributed by atoms with Crippen LogP contribution in [0.2, 0.25) is 5.02 Å². The molecule has 1 unspecified atom stereocenters. The number of amides is 1. The molecule has 2 N–H and O–H groups in total. The van der Waals surface area contributed by atoms with Crippen molar-refractivity contribution < 1.29 is 32.3 Å². The summed E-state index contributed by atoms with van der Waals surface area (Å²) in [6.45, 7) is 2.53. The molecule has 0 aliphatic carbocycles. The van der Waals surface area contributed by atoms with Gasteiger partial charge >= 0.3 is 12.1 Å². The summed E-state index contributed by atoms with van der Waals surface area (Å²) in [5.41, 5.74) is -1.70. The molecule has 4 nitrogen and oxygen atoms in total. The number of aliphatic carboxylic acids is 1. The zero-order valence-corrected chi connectivity index (χ0v) is 12.9. The van der Waals surface area contributed by atoms with Gasteiger partial charge in [-0.2, -0.15) is 13.2 Å². The molecule has 0 aliphatic heterocycles. The number of carboxylic acid groups (broad SMARTS) is 1. The largest absolute Gasteiger partial charge is 0.480 e. The van der Waals surface area contributed by atoms with E-state index in [-0.39, 0.29) is 10.6 Å². The number of alkyl halides is 3. The fourth-order valence-corrected chi connectivity index (χ4v) is 2.05. The Morgan fingerprint density at radius 2 is 1.87 bits per heavy atom. The molecule has 1 aromatic carbocycles. The van der Waals surface area contributed by atoms with Crippen molar-refractivity contribution in [3.63, 3.8) is 0 Å². The first-order valence-corrected chi connectivity index (χ1v) is 6.78. The third kappa shape index (κ3) is 5.09. The molecule has 0 fully saturated rings. The Kier molecular flexibility index (Phi) is 5.63. The highest BCUT2D eigenvalue weighted by Crippen LogP contribution is 2.29. The van der Waals surface area contributed by atoms with Crippen LogP contribution in [0.4, 0.5) is 17.6 Å². The van der Waals surface area contributed by atoms with E-state index < -0.39 is 41.7 Å². The van der Waals surface area contributed by atoms with Gasteiger partial charge < -0.3 is 10.4 Å². The average molecular weight is 356 g/mol. The zero-order chi connectivity index (χ0) is 18.0. The van der Waals surface area contributed by atoms with Crippen LogP contribution in [0.5, 0.6) is 0 Å². The van der Waals surface area contributed by atoms with Crippen molar-refractivity contribution in [2.45, 2.75) is 37.9 Å². The lowest BCUT2D eigenvalue weighted by atomic mass is 9.83. The molecular weight excluding hydrogens is 342 g/mol. The molecular formula is C14H14ClF4NO3. The molecule has 1 rings (SSSR count). The number of halogens is 5. The highest BCUT2D eigenvalue weighted by Gasteiger charge is 2.40. The van der Waals surface area contributed by atoms with Gasteiger partial charge in [0.05, 0.1) is 11.8 Å². The Balaban J connectivity index is 3.03. The van der Waals surface area contributed by atoms with Gasteiger partial charge in [-0.1, -0.05) is 17.7 Å². The maximum Gasteiger partial charge on any atom is 0.391 e.